The third kappa shape index (κ3) is 4.22. The van der Waals surface area contributed by atoms with Crippen molar-refractivity contribution >= 4 is 21.8 Å². The second-order valence-electron chi connectivity index (χ2n) is 3.80. The molecule has 3 N–H and O–H groups in total. The molecule has 0 aliphatic rings. The third-order valence-electron chi connectivity index (χ3n) is 2.38. The van der Waals surface area contributed by atoms with E-state index in [1.165, 1.54) is 0 Å². The van der Waals surface area contributed by atoms with Crippen LogP contribution >= 0.6 is 15.9 Å². The van der Waals surface area contributed by atoms with Crippen LogP contribution in [0.3, 0.4) is 0 Å². The van der Waals surface area contributed by atoms with E-state index < -0.39 is 6.04 Å². The van der Waals surface area contributed by atoms with Crippen LogP contribution in [-0.2, 0) is 4.79 Å². The molecule has 0 saturated carbocycles. The Labute approximate surface area is 110 Å². The minimum Gasteiger partial charge on any atom is -0.348 e. The Morgan fingerprint density at radius 2 is 2.35 bits per heavy atom. The van der Waals surface area contributed by atoms with E-state index in [1.54, 1.807) is 0 Å². The maximum atomic E-state index is 11.7. The first-order chi connectivity index (χ1) is 8.04. The molecule has 1 aromatic rings. The molecule has 1 rings (SSSR count). The first kappa shape index (κ1) is 13.8. The van der Waals surface area contributed by atoms with Gasteiger partial charge in [0, 0.05) is 10.9 Å². The zero-order valence-electron chi connectivity index (χ0n) is 9.61. The zero-order chi connectivity index (χ0) is 12.8. The highest BCUT2D eigenvalue weighted by Gasteiger charge is 2.15. The van der Waals surface area contributed by atoms with Gasteiger partial charge in [0.1, 0.15) is 0 Å². The van der Waals surface area contributed by atoms with Crippen molar-refractivity contribution in [2.45, 2.75) is 25.4 Å². The Morgan fingerprint density at radius 3 is 2.94 bits per heavy atom. The molecule has 0 aliphatic carbocycles. The minimum atomic E-state index is -0.644. The Kier molecular flexibility index (Phi) is 5.20. The molecule has 0 heterocycles. The summed E-state index contributed by atoms with van der Waals surface area (Å²) in [5.41, 5.74) is 6.63. The van der Waals surface area contributed by atoms with Gasteiger partial charge in [-0.3, -0.25) is 4.79 Å². The lowest BCUT2D eigenvalue weighted by molar-refractivity contribution is -0.122. The van der Waals surface area contributed by atoms with Crippen LogP contribution in [0.5, 0.6) is 0 Å². The predicted molar refractivity (Wildman–Crippen MR) is 72.1 cm³/mol. The maximum Gasteiger partial charge on any atom is 0.238 e. The normalized spacial score (nSPS) is 13.5. The molecule has 1 aromatic carbocycles. The molecule has 3 nitrogen and oxygen atoms in total. The van der Waals surface area contributed by atoms with Crippen molar-refractivity contribution in [2.75, 3.05) is 0 Å². The summed E-state index contributed by atoms with van der Waals surface area (Å²) < 4.78 is 0.976. The summed E-state index contributed by atoms with van der Waals surface area (Å²) in [6.07, 6.45) is 5.36. The summed E-state index contributed by atoms with van der Waals surface area (Å²) in [4.78, 5) is 11.7. The molecule has 4 heteroatoms. The van der Waals surface area contributed by atoms with E-state index in [0.29, 0.717) is 0 Å². The monoisotopic (exact) mass is 294 g/mol. The molecular weight excluding hydrogens is 280 g/mol. The highest BCUT2D eigenvalue weighted by Crippen LogP contribution is 2.17. The van der Waals surface area contributed by atoms with Crippen molar-refractivity contribution in [3.63, 3.8) is 0 Å². The number of carbonyl (C=O) groups is 1. The average Bonchev–Trinajstić information content (AvgIpc) is 2.29. The van der Waals surface area contributed by atoms with Crippen LogP contribution in [-0.4, -0.2) is 11.9 Å². The molecule has 0 aliphatic heterocycles. The van der Waals surface area contributed by atoms with E-state index in [1.807, 2.05) is 31.2 Å². The molecule has 17 heavy (non-hydrogen) atoms. The first-order valence-electron chi connectivity index (χ1n) is 5.29. The van der Waals surface area contributed by atoms with Crippen molar-refractivity contribution in [1.82, 2.24) is 5.32 Å². The molecule has 0 radical (unpaired) electrons. The second kappa shape index (κ2) is 6.43. The number of amides is 1. The largest absolute Gasteiger partial charge is 0.348 e. The van der Waals surface area contributed by atoms with E-state index in [0.717, 1.165) is 10.0 Å². The number of terminal acetylenes is 1. The van der Waals surface area contributed by atoms with E-state index in [2.05, 4.69) is 27.2 Å². The van der Waals surface area contributed by atoms with Crippen LogP contribution in [0.15, 0.2) is 28.7 Å². The van der Waals surface area contributed by atoms with Crippen molar-refractivity contribution in [1.29, 1.82) is 0 Å². The maximum absolute atomic E-state index is 11.7. The smallest absolute Gasteiger partial charge is 0.238 e. The SMILES string of the molecule is C#CCC(N)C(=O)N[C@@H](C)c1cccc(Br)c1. The molecular formula is C13H15BrN2O. The molecule has 0 fully saturated rings. The number of nitrogens with two attached hydrogens (primary N) is 1. The first-order valence-corrected chi connectivity index (χ1v) is 6.08. The fourth-order valence-corrected chi connectivity index (χ4v) is 1.82. The number of rotatable bonds is 4. The van der Waals surface area contributed by atoms with Crippen molar-refractivity contribution in [3.05, 3.63) is 34.3 Å². The number of nitrogens with one attached hydrogen (secondary N) is 1. The fraction of sp³-hybridized carbons (Fsp3) is 0.308. The summed E-state index contributed by atoms with van der Waals surface area (Å²) in [6, 6.07) is 7.02. The summed E-state index contributed by atoms with van der Waals surface area (Å²) in [5, 5.41) is 2.83. The Hall–Kier alpha value is -1.31. The lowest BCUT2D eigenvalue weighted by Gasteiger charge is -2.17. The van der Waals surface area contributed by atoms with Gasteiger partial charge in [0.25, 0.3) is 0 Å². The Balaban J connectivity index is 2.64. The minimum absolute atomic E-state index is 0.0937. The van der Waals surface area contributed by atoms with Crippen molar-refractivity contribution in [2.24, 2.45) is 5.73 Å². The molecule has 0 saturated heterocycles. The van der Waals surface area contributed by atoms with Crippen LogP contribution in [0.25, 0.3) is 0 Å². The van der Waals surface area contributed by atoms with Crippen LogP contribution in [0.1, 0.15) is 24.9 Å². The predicted octanol–water partition coefficient (Wildman–Crippen LogP) is 1.98. The van der Waals surface area contributed by atoms with Crippen molar-refractivity contribution < 1.29 is 4.79 Å². The quantitative estimate of drug-likeness (QED) is 0.835. The van der Waals surface area contributed by atoms with E-state index in [4.69, 9.17) is 12.2 Å². The van der Waals surface area contributed by atoms with Gasteiger partial charge in [-0.15, -0.1) is 12.3 Å². The summed E-state index contributed by atoms with van der Waals surface area (Å²) >= 11 is 3.39. The van der Waals surface area contributed by atoms with E-state index in [9.17, 15) is 4.79 Å². The van der Waals surface area contributed by atoms with E-state index >= 15 is 0 Å². The molecule has 2 atom stereocenters. The molecule has 1 amide bonds. The van der Waals surface area contributed by atoms with Gasteiger partial charge in [-0.1, -0.05) is 28.1 Å². The molecule has 0 aromatic heterocycles. The number of halogens is 1. The van der Waals surface area contributed by atoms with Crippen LogP contribution < -0.4 is 11.1 Å². The fourth-order valence-electron chi connectivity index (χ4n) is 1.40. The third-order valence-corrected chi connectivity index (χ3v) is 2.88. The zero-order valence-corrected chi connectivity index (χ0v) is 11.2. The van der Waals surface area contributed by atoms with Gasteiger partial charge in [0.15, 0.2) is 0 Å². The van der Waals surface area contributed by atoms with Crippen LogP contribution in [0.2, 0.25) is 0 Å². The highest BCUT2D eigenvalue weighted by molar-refractivity contribution is 9.10. The van der Waals surface area contributed by atoms with Gasteiger partial charge in [0.05, 0.1) is 12.1 Å². The van der Waals surface area contributed by atoms with Gasteiger partial charge < -0.3 is 11.1 Å². The van der Waals surface area contributed by atoms with Gasteiger partial charge in [-0.25, -0.2) is 0 Å². The molecule has 0 spiro atoms. The van der Waals surface area contributed by atoms with Gasteiger partial charge in [-0.2, -0.15) is 0 Å². The summed E-state index contributed by atoms with van der Waals surface area (Å²) in [7, 11) is 0. The number of hydrogen-bond donors (Lipinski definition) is 2. The summed E-state index contributed by atoms with van der Waals surface area (Å²) in [6.45, 7) is 1.91. The highest BCUT2D eigenvalue weighted by atomic mass is 79.9. The summed E-state index contributed by atoms with van der Waals surface area (Å²) in [5.74, 6) is 2.15. The molecule has 0 bridgehead atoms. The number of hydrogen-bond acceptors (Lipinski definition) is 2. The standard InChI is InChI=1S/C13H15BrN2O/c1-3-5-12(15)13(17)16-9(2)10-6-4-7-11(14)8-10/h1,4,6-9,12H,5,15H2,2H3,(H,16,17)/t9-,12?/m0/s1. The lowest BCUT2D eigenvalue weighted by atomic mass is 10.1. The lowest BCUT2D eigenvalue weighted by Crippen LogP contribution is -2.41. The van der Waals surface area contributed by atoms with Gasteiger partial charge in [-0.05, 0) is 24.6 Å². The second-order valence-corrected chi connectivity index (χ2v) is 4.72. The van der Waals surface area contributed by atoms with Gasteiger partial charge in [0.2, 0.25) is 5.91 Å². The number of benzene rings is 1. The molecule has 1 unspecified atom stereocenters. The van der Waals surface area contributed by atoms with Crippen molar-refractivity contribution in [3.8, 4) is 12.3 Å². The van der Waals surface area contributed by atoms with Gasteiger partial charge >= 0.3 is 0 Å². The van der Waals surface area contributed by atoms with Crippen LogP contribution in [0, 0.1) is 12.3 Å². The topological polar surface area (TPSA) is 55.1 Å². The Morgan fingerprint density at radius 1 is 1.65 bits per heavy atom. The Bertz CT molecular complexity index is 439. The number of carbonyl (C=O) groups excluding carboxylic acids is 1. The average molecular weight is 295 g/mol. The van der Waals surface area contributed by atoms with E-state index in [-0.39, 0.29) is 18.4 Å². The van der Waals surface area contributed by atoms with Crippen LogP contribution in [0.4, 0.5) is 0 Å². The molecule has 90 valence electrons.